The molecule has 0 radical (unpaired) electrons. The van der Waals surface area contributed by atoms with Gasteiger partial charge in [0.05, 0.1) is 25.3 Å². The van der Waals surface area contributed by atoms with Crippen LogP contribution in [0.1, 0.15) is 30.5 Å². The predicted octanol–water partition coefficient (Wildman–Crippen LogP) is 3.47. The number of ether oxygens (including phenoxy) is 2. The van der Waals surface area contributed by atoms with Gasteiger partial charge >= 0.3 is 0 Å². The van der Waals surface area contributed by atoms with Crippen molar-refractivity contribution in [3.05, 3.63) is 65.2 Å². The van der Waals surface area contributed by atoms with E-state index in [1.807, 2.05) is 50.2 Å². The molecule has 1 heterocycles. The SMILES string of the molecule is CCCOc1ccc([C@H]2C(=C(O)c3ccc(OC)cc3)C(=O)C(=O)N2CCN(C)C)cc1. The molecule has 1 aliphatic heterocycles. The van der Waals surface area contributed by atoms with Crippen LogP contribution in [0.4, 0.5) is 0 Å². The Hall–Kier alpha value is -3.32. The van der Waals surface area contributed by atoms with Gasteiger partial charge in [-0.3, -0.25) is 9.59 Å². The first-order valence-corrected chi connectivity index (χ1v) is 10.7. The number of carbonyl (C=O) groups is 2. The van der Waals surface area contributed by atoms with Crippen LogP contribution < -0.4 is 9.47 Å². The number of carbonyl (C=O) groups excluding carboxylic acids is 2. The summed E-state index contributed by atoms with van der Waals surface area (Å²) in [4.78, 5) is 29.4. The monoisotopic (exact) mass is 438 g/mol. The number of amides is 1. The fourth-order valence-electron chi connectivity index (χ4n) is 3.64. The van der Waals surface area contributed by atoms with Gasteiger partial charge in [-0.1, -0.05) is 19.1 Å². The Morgan fingerprint density at radius 2 is 1.66 bits per heavy atom. The van der Waals surface area contributed by atoms with E-state index in [9.17, 15) is 14.7 Å². The largest absolute Gasteiger partial charge is 0.507 e. The molecule has 1 saturated heterocycles. The normalized spacial score (nSPS) is 17.8. The minimum atomic E-state index is -0.687. The molecular weight excluding hydrogens is 408 g/mol. The summed E-state index contributed by atoms with van der Waals surface area (Å²) in [6.07, 6.45) is 0.897. The average Bonchev–Trinajstić information content (AvgIpc) is 3.06. The van der Waals surface area contributed by atoms with E-state index >= 15 is 0 Å². The van der Waals surface area contributed by atoms with Crippen molar-refractivity contribution < 1.29 is 24.2 Å². The van der Waals surface area contributed by atoms with Crippen LogP contribution in [-0.2, 0) is 9.59 Å². The number of methoxy groups -OCH3 is 1. The number of likely N-dealkylation sites (tertiary alicyclic amines) is 1. The van der Waals surface area contributed by atoms with E-state index < -0.39 is 17.7 Å². The van der Waals surface area contributed by atoms with Crippen LogP contribution in [0.25, 0.3) is 5.76 Å². The molecule has 1 fully saturated rings. The Bertz CT molecular complexity index is 980. The van der Waals surface area contributed by atoms with E-state index in [1.54, 1.807) is 31.4 Å². The molecule has 1 atom stereocenters. The summed E-state index contributed by atoms with van der Waals surface area (Å²) in [6, 6.07) is 13.4. The summed E-state index contributed by atoms with van der Waals surface area (Å²) in [5.74, 6) is -0.149. The third-order valence-electron chi connectivity index (χ3n) is 5.36. The number of hydrogen-bond acceptors (Lipinski definition) is 6. The first kappa shape index (κ1) is 23.3. The third-order valence-corrected chi connectivity index (χ3v) is 5.36. The maximum Gasteiger partial charge on any atom is 0.295 e. The molecule has 0 bridgehead atoms. The fourth-order valence-corrected chi connectivity index (χ4v) is 3.64. The van der Waals surface area contributed by atoms with Crippen molar-refractivity contribution in [2.45, 2.75) is 19.4 Å². The number of Topliss-reactive ketones (excluding diaryl/α,β-unsaturated/α-hetero) is 1. The van der Waals surface area contributed by atoms with Crippen LogP contribution in [0, 0.1) is 0 Å². The molecule has 0 aromatic heterocycles. The van der Waals surface area contributed by atoms with Crippen molar-refractivity contribution >= 4 is 17.4 Å². The molecule has 0 spiro atoms. The van der Waals surface area contributed by atoms with Gasteiger partial charge in [0.2, 0.25) is 0 Å². The van der Waals surface area contributed by atoms with Crippen LogP contribution >= 0.6 is 0 Å². The smallest absolute Gasteiger partial charge is 0.295 e. The number of ketones is 1. The average molecular weight is 439 g/mol. The van der Waals surface area contributed by atoms with E-state index in [0.717, 1.165) is 17.7 Å². The summed E-state index contributed by atoms with van der Waals surface area (Å²) in [5, 5.41) is 11.1. The molecule has 7 nitrogen and oxygen atoms in total. The van der Waals surface area contributed by atoms with E-state index in [1.165, 1.54) is 4.90 Å². The van der Waals surface area contributed by atoms with Gasteiger partial charge < -0.3 is 24.4 Å². The van der Waals surface area contributed by atoms with Crippen LogP contribution in [0.15, 0.2) is 54.1 Å². The molecule has 0 saturated carbocycles. The quantitative estimate of drug-likeness (QED) is 0.367. The van der Waals surface area contributed by atoms with Gasteiger partial charge in [-0.15, -0.1) is 0 Å². The summed E-state index contributed by atoms with van der Waals surface area (Å²) < 4.78 is 10.8. The minimum absolute atomic E-state index is 0.0844. The number of likely N-dealkylation sites (N-methyl/N-ethyl adjacent to an activating group) is 1. The van der Waals surface area contributed by atoms with Gasteiger partial charge in [0.1, 0.15) is 17.3 Å². The van der Waals surface area contributed by atoms with Gasteiger partial charge in [-0.25, -0.2) is 0 Å². The van der Waals surface area contributed by atoms with Gasteiger partial charge in [-0.2, -0.15) is 0 Å². The number of nitrogens with zero attached hydrogens (tertiary/aromatic N) is 2. The van der Waals surface area contributed by atoms with Crippen molar-refractivity contribution in [2.24, 2.45) is 0 Å². The zero-order valence-corrected chi connectivity index (χ0v) is 19.0. The first-order valence-electron chi connectivity index (χ1n) is 10.7. The van der Waals surface area contributed by atoms with E-state index in [4.69, 9.17) is 9.47 Å². The molecule has 2 aromatic rings. The van der Waals surface area contributed by atoms with Gasteiger partial charge in [0, 0.05) is 18.7 Å². The van der Waals surface area contributed by atoms with Crippen LogP contribution in [0.2, 0.25) is 0 Å². The number of aliphatic hydroxyl groups is 1. The van der Waals surface area contributed by atoms with Crippen molar-refractivity contribution in [3.63, 3.8) is 0 Å². The van der Waals surface area contributed by atoms with E-state index in [2.05, 4.69) is 0 Å². The molecular formula is C25H30N2O5. The zero-order valence-electron chi connectivity index (χ0n) is 19.0. The second-order valence-corrected chi connectivity index (χ2v) is 7.94. The van der Waals surface area contributed by atoms with E-state index in [0.29, 0.717) is 31.0 Å². The Morgan fingerprint density at radius 3 is 2.22 bits per heavy atom. The predicted molar refractivity (Wildman–Crippen MR) is 123 cm³/mol. The van der Waals surface area contributed by atoms with Gasteiger partial charge in [0.25, 0.3) is 11.7 Å². The second kappa shape index (κ2) is 10.3. The van der Waals surface area contributed by atoms with Gasteiger partial charge in [0.15, 0.2) is 0 Å². The second-order valence-electron chi connectivity index (χ2n) is 7.94. The van der Waals surface area contributed by atoms with Crippen LogP contribution in [-0.4, -0.2) is 67.5 Å². The number of aliphatic hydroxyl groups excluding tert-OH is 1. The minimum Gasteiger partial charge on any atom is -0.507 e. The van der Waals surface area contributed by atoms with Gasteiger partial charge in [-0.05, 0) is 62.5 Å². The topological polar surface area (TPSA) is 79.3 Å². The molecule has 1 amide bonds. The van der Waals surface area contributed by atoms with Crippen LogP contribution in [0.3, 0.4) is 0 Å². The molecule has 1 aliphatic rings. The van der Waals surface area contributed by atoms with Crippen molar-refractivity contribution in [1.82, 2.24) is 9.80 Å². The maximum atomic E-state index is 13.0. The van der Waals surface area contributed by atoms with Crippen molar-refractivity contribution in [3.8, 4) is 11.5 Å². The Balaban J connectivity index is 2.05. The highest BCUT2D eigenvalue weighted by atomic mass is 16.5. The summed E-state index contributed by atoms with van der Waals surface area (Å²) in [7, 11) is 5.37. The zero-order chi connectivity index (χ0) is 23.3. The summed E-state index contributed by atoms with van der Waals surface area (Å²) >= 11 is 0. The third kappa shape index (κ3) is 4.94. The Kier molecular flexibility index (Phi) is 7.53. The number of hydrogen-bond donors (Lipinski definition) is 1. The first-order chi connectivity index (χ1) is 15.4. The highest BCUT2D eigenvalue weighted by Gasteiger charge is 2.45. The molecule has 7 heteroatoms. The molecule has 0 aliphatic carbocycles. The molecule has 170 valence electrons. The molecule has 1 N–H and O–H groups in total. The summed E-state index contributed by atoms with van der Waals surface area (Å²) in [6.45, 7) is 3.59. The highest BCUT2D eigenvalue weighted by molar-refractivity contribution is 6.46. The van der Waals surface area contributed by atoms with E-state index in [-0.39, 0.29) is 11.3 Å². The van der Waals surface area contributed by atoms with Crippen LogP contribution in [0.5, 0.6) is 11.5 Å². The maximum absolute atomic E-state index is 13.0. The number of benzene rings is 2. The number of rotatable bonds is 9. The standard InChI is InChI=1S/C25H30N2O5/c1-5-16-32-20-12-6-17(7-13-20)22-21(23(28)18-8-10-19(31-4)11-9-18)24(29)25(30)27(22)15-14-26(2)3/h6-13,22,28H,5,14-16H2,1-4H3/t22-/m0/s1. The summed E-state index contributed by atoms with van der Waals surface area (Å²) in [5.41, 5.74) is 1.27. The Morgan fingerprint density at radius 1 is 1.03 bits per heavy atom. The Labute approximate surface area is 188 Å². The lowest BCUT2D eigenvalue weighted by molar-refractivity contribution is -0.140. The lowest BCUT2D eigenvalue weighted by Crippen LogP contribution is -2.35. The molecule has 3 rings (SSSR count). The van der Waals surface area contributed by atoms with Crippen molar-refractivity contribution in [1.29, 1.82) is 0 Å². The molecule has 32 heavy (non-hydrogen) atoms. The fraction of sp³-hybridized carbons (Fsp3) is 0.360. The lowest BCUT2D eigenvalue weighted by atomic mass is 9.95. The molecule has 2 aromatic carbocycles. The molecule has 0 unspecified atom stereocenters. The van der Waals surface area contributed by atoms with Crippen molar-refractivity contribution in [2.75, 3.05) is 40.9 Å². The highest BCUT2D eigenvalue weighted by Crippen LogP contribution is 2.39. The lowest BCUT2D eigenvalue weighted by Gasteiger charge is -2.26.